The molecule has 0 unspecified atom stereocenters. The van der Waals surface area contributed by atoms with E-state index in [-0.39, 0.29) is 4.90 Å². The van der Waals surface area contributed by atoms with E-state index in [2.05, 4.69) is 5.32 Å². The molecule has 1 aliphatic rings. The highest BCUT2D eigenvalue weighted by Crippen LogP contribution is 2.29. The fraction of sp³-hybridized carbons (Fsp3) is 0.435. The van der Waals surface area contributed by atoms with Gasteiger partial charge in [-0.25, -0.2) is 16.8 Å². The maximum Gasteiger partial charge on any atom is 0.247 e. The number of carbonyl (C=O) groups excluding carboxylic acids is 1. The van der Waals surface area contributed by atoms with Crippen LogP contribution in [0.4, 0.5) is 11.4 Å². The summed E-state index contributed by atoms with van der Waals surface area (Å²) in [5.41, 5.74) is 1.33. The third-order valence-electron chi connectivity index (χ3n) is 5.82. The zero-order chi connectivity index (χ0) is 25.1. The summed E-state index contributed by atoms with van der Waals surface area (Å²) in [5.74, 6) is -0.562. The molecule has 1 N–H and O–H groups in total. The molecule has 1 heterocycles. The number of sulfonamides is 2. The Morgan fingerprint density at radius 1 is 1.00 bits per heavy atom. The zero-order valence-corrected chi connectivity index (χ0v) is 21.9. The lowest BCUT2D eigenvalue weighted by Crippen LogP contribution is -2.45. The van der Waals surface area contributed by atoms with Gasteiger partial charge in [-0.1, -0.05) is 30.5 Å². The van der Waals surface area contributed by atoms with Gasteiger partial charge in [0.25, 0.3) is 0 Å². The van der Waals surface area contributed by atoms with Crippen LogP contribution in [0.1, 0.15) is 38.2 Å². The molecule has 0 radical (unpaired) electrons. The first kappa shape index (κ1) is 26.5. The van der Waals surface area contributed by atoms with Crippen LogP contribution in [0.3, 0.4) is 0 Å². The van der Waals surface area contributed by atoms with Gasteiger partial charge in [0.05, 0.1) is 16.8 Å². The van der Waals surface area contributed by atoms with Crippen molar-refractivity contribution in [2.45, 2.75) is 50.5 Å². The van der Waals surface area contributed by atoms with Crippen molar-refractivity contribution in [2.75, 3.05) is 29.0 Å². The SMILES string of the molecule is Cc1ccc(Cl)cc1N([C@H](C)C(=O)Nc1ccc(S(=O)(=O)N2CCCCCC2)cc1)S(C)(=O)=O. The van der Waals surface area contributed by atoms with Gasteiger partial charge in [-0.3, -0.25) is 9.10 Å². The highest BCUT2D eigenvalue weighted by molar-refractivity contribution is 7.92. The van der Waals surface area contributed by atoms with Gasteiger partial charge in [-0.05, 0) is 68.7 Å². The van der Waals surface area contributed by atoms with Crippen LogP contribution >= 0.6 is 11.6 Å². The third-order valence-corrected chi connectivity index (χ3v) is 9.20. The zero-order valence-electron chi connectivity index (χ0n) is 19.5. The minimum Gasteiger partial charge on any atom is -0.324 e. The second-order valence-electron chi connectivity index (χ2n) is 8.50. The number of anilines is 2. The van der Waals surface area contributed by atoms with E-state index < -0.39 is 32.0 Å². The van der Waals surface area contributed by atoms with E-state index >= 15 is 0 Å². The number of aryl methyl sites for hydroxylation is 1. The van der Waals surface area contributed by atoms with Gasteiger partial charge < -0.3 is 5.32 Å². The molecule has 1 atom stereocenters. The molecule has 8 nitrogen and oxygen atoms in total. The molecule has 2 aromatic carbocycles. The Bertz CT molecular complexity index is 1240. The van der Waals surface area contributed by atoms with Crippen molar-refractivity contribution in [1.29, 1.82) is 0 Å². The minimum absolute atomic E-state index is 0.160. The molecule has 34 heavy (non-hydrogen) atoms. The number of carbonyl (C=O) groups is 1. The van der Waals surface area contributed by atoms with Crippen LogP contribution in [0.2, 0.25) is 5.02 Å². The van der Waals surface area contributed by atoms with E-state index in [0.29, 0.717) is 35.1 Å². The predicted molar refractivity (Wildman–Crippen MR) is 135 cm³/mol. The first-order chi connectivity index (χ1) is 15.9. The fourth-order valence-corrected chi connectivity index (χ4v) is 6.90. The second-order valence-corrected chi connectivity index (χ2v) is 12.7. The summed E-state index contributed by atoms with van der Waals surface area (Å²) in [6, 6.07) is 9.68. The molecule has 186 valence electrons. The highest BCUT2D eigenvalue weighted by atomic mass is 35.5. The predicted octanol–water partition coefficient (Wildman–Crippen LogP) is 4.01. The van der Waals surface area contributed by atoms with Gasteiger partial charge >= 0.3 is 0 Å². The Balaban J connectivity index is 1.79. The lowest BCUT2D eigenvalue weighted by Gasteiger charge is -2.29. The van der Waals surface area contributed by atoms with Gasteiger partial charge in [0.15, 0.2) is 0 Å². The van der Waals surface area contributed by atoms with E-state index in [1.165, 1.54) is 41.6 Å². The van der Waals surface area contributed by atoms with Crippen LogP contribution in [0.5, 0.6) is 0 Å². The quantitative estimate of drug-likeness (QED) is 0.586. The summed E-state index contributed by atoms with van der Waals surface area (Å²) in [6.45, 7) is 4.22. The summed E-state index contributed by atoms with van der Waals surface area (Å²) in [6.07, 6.45) is 4.75. The molecular weight excluding hydrogens is 498 g/mol. The summed E-state index contributed by atoms with van der Waals surface area (Å²) >= 11 is 6.07. The van der Waals surface area contributed by atoms with E-state index in [4.69, 9.17) is 11.6 Å². The molecule has 1 saturated heterocycles. The molecular formula is C23H30ClN3O5S2. The number of amides is 1. The van der Waals surface area contributed by atoms with Crippen LogP contribution in [0, 0.1) is 6.92 Å². The van der Waals surface area contributed by atoms with Gasteiger partial charge in [0.1, 0.15) is 6.04 Å². The average molecular weight is 528 g/mol. The molecule has 1 amide bonds. The van der Waals surface area contributed by atoms with E-state index in [1.54, 1.807) is 19.1 Å². The van der Waals surface area contributed by atoms with Crippen molar-refractivity contribution in [2.24, 2.45) is 0 Å². The number of benzene rings is 2. The van der Waals surface area contributed by atoms with Crippen LogP contribution < -0.4 is 9.62 Å². The summed E-state index contributed by atoms with van der Waals surface area (Å²) in [5, 5.41) is 3.03. The Kier molecular flexibility index (Phi) is 8.28. The van der Waals surface area contributed by atoms with Crippen LogP contribution in [-0.4, -0.2) is 52.4 Å². The molecule has 0 bridgehead atoms. The molecule has 0 spiro atoms. The first-order valence-corrected chi connectivity index (χ1v) is 14.7. The van der Waals surface area contributed by atoms with Crippen molar-refractivity contribution < 1.29 is 21.6 Å². The van der Waals surface area contributed by atoms with Gasteiger partial charge in [-0.2, -0.15) is 4.31 Å². The number of hydrogen-bond acceptors (Lipinski definition) is 5. The number of nitrogens with zero attached hydrogens (tertiary/aromatic N) is 2. The molecule has 0 saturated carbocycles. The van der Waals surface area contributed by atoms with Crippen LogP contribution in [0.25, 0.3) is 0 Å². The Hall–Kier alpha value is -2.14. The fourth-order valence-electron chi connectivity index (χ4n) is 3.99. The average Bonchev–Trinajstić information content (AvgIpc) is 3.06. The van der Waals surface area contributed by atoms with E-state index in [0.717, 1.165) is 36.2 Å². The lowest BCUT2D eigenvalue weighted by molar-refractivity contribution is -0.116. The maximum absolute atomic E-state index is 13.0. The van der Waals surface area contributed by atoms with E-state index in [9.17, 15) is 21.6 Å². The first-order valence-electron chi connectivity index (χ1n) is 11.1. The monoisotopic (exact) mass is 527 g/mol. The van der Waals surface area contributed by atoms with Crippen LogP contribution in [0.15, 0.2) is 47.4 Å². The standard InChI is InChI=1S/C23H30ClN3O5S2/c1-17-8-9-19(24)16-22(17)27(33(3,29)30)18(2)23(28)25-20-10-12-21(13-11-20)34(31,32)26-14-6-4-5-7-15-26/h8-13,16,18H,4-7,14-15H2,1-3H3,(H,25,28)/t18-/m1/s1. The van der Waals surface area contributed by atoms with E-state index in [1.807, 2.05) is 0 Å². The topological polar surface area (TPSA) is 104 Å². The molecule has 11 heteroatoms. The van der Waals surface area contributed by atoms with Crippen molar-refractivity contribution in [3.63, 3.8) is 0 Å². The van der Waals surface area contributed by atoms with Crippen molar-refractivity contribution in [1.82, 2.24) is 4.31 Å². The Labute approximate surface area is 207 Å². The third kappa shape index (κ3) is 6.10. The molecule has 0 aliphatic carbocycles. The van der Waals surface area contributed by atoms with Crippen molar-refractivity contribution in [3.8, 4) is 0 Å². The summed E-state index contributed by atoms with van der Waals surface area (Å²) in [7, 11) is -7.41. The number of rotatable bonds is 7. The van der Waals surface area contributed by atoms with Gasteiger partial charge in [-0.15, -0.1) is 0 Å². The van der Waals surface area contributed by atoms with Crippen LogP contribution in [-0.2, 0) is 24.8 Å². The molecule has 0 aromatic heterocycles. The van der Waals surface area contributed by atoms with Crippen molar-refractivity contribution >= 4 is 48.9 Å². The van der Waals surface area contributed by atoms with Gasteiger partial charge in [0.2, 0.25) is 26.0 Å². The number of halogens is 1. The maximum atomic E-state index is 13.0. The van der Waals surface area contributed by atoms with Gasteiger partial charge in [0, 0.05) is 23.8 Å². The normalized spacial score (nSPS) is 16.5. The number of hydrogen-bond donors (Lipinski definition) is 1. The van der Waals surface area contributed by atoms with Crippen molar-refractivity contribution in [3.05, 3.63) is 53.1 Å². The highest BCUT2D eigenvalue weighted by Gasteiger charge is 2.31. The molecule has 3 rings (SSSR count). The Morgan fingerprint density at radius 2 is 1.59 bits per heavy atom. The minimum atomic E-state index is -3.81. The molecule has 1 aliphatic heterocycles. The largest absolute Gasteiger partial charge is 0.324 e. The lowest BCUT2D eigenvalue weighted by atomic mass is 10.1. The molecule has 1 fully saturated rings. The smallest absolute Gasteiger partial charge is 0.247 e. The number of nitrogens with one attached hydrogen (secondary N) is 1. The Morgan fingerprint density at radius 3 is 2.15 bits per heavy atom. The second kappa shape index (κ2) is 10.6. The molecule has 2 aromatic rings. The summed E-state index contributed by atoms with van der Waals surface area (Å²) < 4.78 is 53.6. The summed E-state index contributed by atoms with van der Waals surface area (Å²) in [4.78, 5) is 13.1.